The number of ether oxygens (including phenoxy) is 1. The number of halogens is 2. The van der Waals surface area contributed by atoms with Gasteiger partial charge in [0.1, 0.15) is 5.75 Å². The van der Waals surface area contributed by atoms with Crippen LogP contribution in [0.15, 0.2) is 42.5 Å². The zero-order valence-corrected chi connectivity index (χ0v) is 13.4. The van der Waals surface area contributed by atoms with E-state index in [2.05, 4.69) is 5.32 Å². The monoisotopic (exact) mass is 325 g/mol. The highest BCUT2D eigenvalue weighted by Crippen LogP contribution is 2.35. The van der Waals surface area contributed by atoms with Crippen molar-refractivity contribution in [2.45, 2.75) is 12.5 Å². The molecule has 112 valence electrons. The number of aliphatic hydroxyl groups excluding tert-OH is 1. The summed E-state index contributed by atoms with van der Waals surface area (Å²) in [6.07, 6.45) is 0. The highest BCUT2D eigenvalue weighted by molar-refractivity contribution is 6.42. The van der Waals surface area contributed by atoms with Gasteiger partial charge in [0.2, 0.25) is 0 Å². The molecule has 0 saturated heterocycles. The van der Waals surface area contributed by atoms with Crippen LogP contribution in [0.4, 0.5) is 5.69 Å². The number of rotatable bonds is 5. The Balaban J connectivity index is 2.34. The van der Waals surface area contributed by atoms with Crippen LogP contribution in [0.5, 0.6) is 5.75 Å². The lowest BCUT2D eigenvalue weighted by molar-refractivity contribution is 0.224. The summed E-state index contributed by atoms with van der Waals surface area (Å²) in [5.74, 6) is 0.770. The smallest absolute Gasteiger partial charge is 0.119 e. The van der Waals surface area contributed by atoms with Crippen LogP contribution in [0.25, 0.3) is 0 Å². The largest absolute Gasteiger partial charge is 0.497 e. The van der Waals surface area contributed by atoms with E-state index in [4.69, 9.17) is 27.9 Å². The number of nitrogens with one attached hydrogen (secondary N) is 1. The Morgan fingerprint density at radius 2 is 1.81 bits per heavy atom. The third-order valence-electron chi connectivity index (χ3n) is 3.37. The molecule has 0 spiro atoms. The quantitative estimate of drug-likeness (QED) is 0.860. The molecule has 21 heavy (non-hydrogen) atoms. The normalized spacial score (nSPS) is 13.6. The van der Waals surface area contributed by atoms with Gasteiger partial charge in [-0.25, -0.2) is 0 Å². The molecule has 2 N–H and O–H groups in total. The fourth-order valence-corrected chi connectivity index (χ4v) is 2.62. The maximum absolute atomic E-state index is 9.83. The molecule has 3 nitrogen and oxygen atoms in total. The summed E-state index contributed by atoms with van der Waals surface area (Å²) in [5, 5.41) is 14.0. The Kier molecular flexibility index (Phi) is 4.99. The molecular weight excluding hydrogens is 309 g/mol. The summed E-state index contributed by atoms with van der Waals surface area (Å²) >= 11 is 12.3. The SMILES string of the molecule is COc1ccc(NC(C)(CO)c2cccc(Cl)c2Cl)cc1. The number of hydrogen-bond acceptors (Lipinski definition) is 3. The van der Waals surface area contributed by atoms with E-state index in [0.717, 1.165) is 17.0 Å². The van der Waals surface area contributed by atoms with E-state index in [0.29, 0.717) is 10.0 Å². The van der Waals surface area contributed by atoms with Crippen molar-refractivity contribution < 1.29 is 9.84 Å². The zero-order chi connectivity index (χ0) is 15.5. The van der Waals surface area contributed by atoms with Crippen molar-refractivity contribution in [3.8, 4) is 5.75 Å². The third-order valence-corrected chi connectivity index (χ3v) is 4.19. The van der Waals surface area contributed by atoms with Gasteiger partial charge in [0.15, 0.2) is 0 Å². The van der Waals surface area contributed by atoms with Crippen molar-refractivity contribution in [3.05, 3.63) is 58.1 Å². The Morgan fingerprint density at radius 3 is 2.38 bits per heavy atom. The van der Waals surface area contributed by atoms with E-state index >= 15 is 0 Å². The number of methoxy groups -OCH3 is 1. The van der Waals surface area contributed by atoms with Gasteiger partial charge in [0.25, 0.3) is 0 Å². The van der Waals surface area contributed by atoms with Crippen molar-refractivity contribution in [1.29, 1.82) is 0 Å². The van der Waals surface area contributed by atoms with Gasteiger partial charge in [0.05, 0.1) is 29.3 Å². The lowest BCUT2D eigenvalue weighted by atomic mass is 9.92. The average Bonchev–Trinajstić information content (AvgIpc) is 2.50. The lowest BCUT2D eigenvalue weighted by Gasteiger charge is -2.31. The van der Waals surface area contributed by atoms with Crippen molar-refractivity contribution in [3.63, 3.8) is 0 Å². The van der Waals surface area contributed by atoms with Crippen molar-refractivity contribution in [2.24, 2.45) is 0 Å². The molecule has 2 aromatic rings. The summed E-state index contributed by atoms with van der Waals surface area (Å²) in [7, 11) is 1.62. The molecule has 0 aliphatic rings. The van der Waals surface area contributed by atoms with Gasteiger partial charge in [-0.3, -0.25) is 0 Å². The predicted octanol–water partition coefficient (Wildman–Crippen LogP) is 4.32. The summed E-state index contributed by atoms with van der Waals surface area (Å²) in [6.45, 7) is 1.74. The lowest BCUT2D eigenvalue weighted by Crippen LogP contribution is -2.36. The van der Waals surface area contributed by atoms with Gasteiger partial charge in [-0.1, -0.05) is 35.3 Å². The fraction of sp³-hybridized carbons (Fsp3) is 0.250. The van der Waals surface area contributed by atoms with Crippen LogP contribution < -0.4 is 10.1 Å². The van der Waals surface area contributed by atoms with E-state index in [-0.39, 0.29) is 6.61 Å². The Hall–Kier alpha value is -1.42. The van der Waals surface area contributed by atoms with E-state index in [1.807, 2.05) is 43.3 Å². The van der Waals surface area contributed by atoms with Gasteiger partial charge in [-0.2, -0.15) is 0 Å². The standard InChI is InChI=1S/C16H17Cl2NO2/c1-16(10-20,13-4-3-5-14(17)15(13)18)19-11-6-8-12(21-2)9-7-11/h3-9,19-20H,10H2,1-2H3. The molecule has 0 amide bonds. The highest BCUT2D eigenvalue weighted by atomic mass is 35.5. The zero-order valence-electron chi connectivity index (χ0n) is 11.9. The van der Waals surface area contributed by atoms with Gasteiger partial charge in [0, 0.05) is 5.69 Å². The van der Waals surface area contributed by atoms with E-state index in [9.17, 15) is 5.11 Å². The summed E-state index contributed by atoms with van der Waals surface area (Å²) < 4.78 is 5.13. The first-order valence-corrected chi connectivity index (χ1v) is 7.23. The molecule has 0 heterocycles. The van der Waals surface area contributed by atoms with Crippen molar-refractivity contribution in [1.82, 2.24) is 0 Å². The molecule has 1 unspecified atom stereocenters. The Labute approximate surface area is 134 Å². The second kappa shape index (κ2) is 6.56. The number of anilines is 1. The molecule has 0 aliphatic heterocycles. The topological polar surface area (TPSA) is 41.5 Å². The number of hydrogen-bond donors (Lipinski definition) is 2. The Morgan fingerprint density at radius 1 is 1.14 bits per heavy atom. The average molecular weight is 326 g/mol. The molecule has 0 saturated carbocycles. The summed E-state index contributed by atoms with van der Waals surface area (Å²) in [6, 6.07) is 12.8. The Bertz CT molecular complexity index is 616. The molecule has 2 rings (SSSR count). The predicted molar refractivity (Wildman–Crippen MR) is 87.5 cm³/mol. The highest BCUT2D eigenvalue weighted by Gasteiger charge is 2.28. The van der Waals surface area contributed by atoms with Crippen LogP contribution in [0.1, 0.15) is 12.5 Å². The molecule has 0 bridgehead atoms. The van der Waals surface area contributed by atoms with Crippen LogP contribution in [0.2, 0.25) is 10.0 Å². The maximum atomic E-state index is 9.83. The van der Waals surface area contributed by atoms with Crippen LogP contribution in [0.3, 0.4) is 0 Å². The van der Waals surface area contributed by atoms with Gasteiger partial charge in [-0.05, 0) is 42.8 Å². The van der Waals surface area contributed by atoms with Crippen molar-refractivity contribution >= 4 is 28.9 Å². The molecule has 0 radical (unpaired) electrons. The van der Waals surface area contributed by atoms with Crippen LogP contribution in [0, 0.1) is 0 Å². The fourth-order valence-electron chi connectivity index (χ4n) is 2.11. The third kappa shape index (κ3) is 3.43. The molecule has 0 aromatic heterocycles. The number of aliphatic hydroxyl groups is 1. The van der Waals surface area contributed by atoms with E-state index in [1.54, 1.807) is 13.2 Å². The number of benzene rings is 2. The summed E-state index contributed by atoms with van der Waals surface area (Å²) in [5.41, 5.74) is 0.856. The molecule has 5 heteroatoms. The first-order chi connectivity index (χ1) is 10.00. The molecule has 0 fully saturated rings. The van der Waals surface area contributed by atoms with E-state index < -0.39 is 5.54 Å². The van der Waals surface area contributed by atoms with Crippen LogP contribution in [-0.4, -0.2) is 18.8 Å². The minimum atomic E-state index is -0.740. The minimum Gasteiger partial charge on any atom is -0.497 e. The van der Waals surface area contributed by atoms with Crippen LogP contribution in [-0.2, 0) is 5.54 Å². The van der Waals surface area contributed by atoms with Gasteiger partial charge < -0.3 is 15.2 Å². The maximum Gasteiger partial charge on any atom is 0.119 e. The molecule has 2 aromatic carbocycles. The summed E-state index contributed by atoms with van der Waals surface area (Å²) in [4.78, 5) is 0. The van der Waals surface area contributed by atoms with Crippen molar-refractivity contribution in [2.75, 3.05) is 19.0 Å². The van der Waals surface area contributed by atoms with Crippen LogP contribution >= 0.6 is 23.2 Å². The molecular formula is C16H17Cl2NO2. The van der Waals surface area contributed by atoms with E-state index in [1.165, 1.54) is 0 Å². The molecule has 1 atom stereocenters. The second-order valence-corrected chi connectivity index (χ2v) is 5.73. The van der Waals surface area contributed by atoms with Gasteiger partial charge in [-0.15, -0.1) is 0 Å². The molecule has 0 aliphatic carbocycles. The first kappa shape index (κ1) is 16.0. The second-order valence-electron chi connectivity index (χ2n) is 4.95. The minimum absolute atomic E-state index is 0.126. The first-order valence-electron chi connectivity index (χ1n) is 6.48. The van der Waals surface area contributed by atoms with Gasteiger partial charge >= 0.3 is 0 Å².